The predicted octanol–water partition coefficient (Wildman–Crippen LogP) is 2.30. The van der Waals surface area contributed by atoms with E-state index in [0.717, 1.165) is 31.2 Å². The number of benzene rings is 1. The number of oxazole rings is 1. The van der Waals surface area contributed by atoms with E-state index in [1.54, 1.807) is 0 Å². The molecule has 1 aromatic heterocycles. The summed E-state index contributed by atoms with van der Waals surface area (Å²) in [5, 5.41) is 2.89. The van der Waals surface area contributed by atoms with Crippen LogP contribution in [0.15, 0.2) is 41.0 Å². The molecule has 130 valence electrons. The number of hydrogen-bond acceptors (Lipinski definition) is 4. The van der Waals surface area contributed by atoms with Gasteiger partial charge in [0.2, 0.25) is 11.8 Å². The first-order valence-corrected chi connectivity index (χ1v) is 8.78. The first kappa shape index (κ1) is 15.9. The van der Waals surface area contributed by atoms with Crippen LogP contribution in [0.3, 0.4) is 0 Å². The third kappa shape index (κ3) is 4.07. The van der Waals surface area contributed by atoms with Gasteiger partial charge in [-0.3, -0.25) is 9.59 Å². The molecule has 0 spiro atoms. The first-order chi connectivity index (χ1) is 12.2. The zero-order chi connectivity index (χ0) is 17.2. The molecule has 0 atom stereocenters. The maximum Gasteiger partial charge on any atom is 0.273 e. The summed E-state index contributed by atoms with van der Waals surface area (Å²) in [6.45, 7) is 0.313. The van der Waals surface area contributed by atoms with Crippen molar-refractivity contribution >= 4 is 11.8 Å². The van der Waals surface area contributed by atoms with Crippen molar-refractivity contribution < 1.29 is 14.0 Å². The monoisotopic (exact) mass is 339 g/mol. The van der Waals surface area contributed by atoms with Crippen molar-refractivity contribution in [2.45, 2.75) is 50.7 Å². The minimum Gasteiger partial charge on any atom is -0.446 e. The molecular formula is C19H21N3O3. The van der Waals surface area contributed by atoms with Crippen LogP contribution < -0.4 is 5.32 Å². The van der Waals surface area contributed by atoms with E-state index in [0.29, 0.717) is 18.9 Å². The molecule has 2 saturated carbocycles. The molecule has 0 bridgehead atoms. The number of nitrogens with zero attached hydrogens (tertiary/aromatic N) is 2. The highest BCUT2D eigenvalue weighted by atomic mass is 16.3. The van der Waals surface area contributed by atoms with Crippen molar-refractivity contribution in [3.8, 4) is 0 Å². The molecule has 0 unspecified atom stereocenters. The highest BCUT2D eigenvalue weighted by Crippen LogP contribution is 2.29. The fourth-order valence-corrected chi connectivity index (χ4v) is 2.80. The number of hydrogen-bond donors (Lipinski definition) is 1. The van der Waals surface area contributed by atoms with E-state index < -0.39 is 0 Å². The Morgan fingerprint density at radius 2 is 1.92 bits per heavy atom. The normalized spacial score (nSPS) is 16.5. The summed E-state index contributed by atoms with van der Waals surface area (Å²) in [7, 11) is 0. The van der Waals surface area contributed by atoms with E-state index in [9.17, 15) is 9.59 Å². The molecule has 2 amide bonds. The van der Waals surface area contributed by atoms with Crippen LogP contribution >= 0.6 is 0 Å². The maximum atomic E-state index is 12.7. The van der Waals surface area contributed by atoms with Crippen LogP contribution in [-0.4, -0.2) is 33.8 Å². The minimum atomic E-state index is -0.203. The lowest BCUT2D eigenvalue weighted by Crippen LogP contribution is -2.34. The van der Waals surface area contributed by atoms with Crippen LogP contribution in [0, 0.1) is 0 Å². The van der Waals surface area contributed by atoms with E-state index in [-0.39, 0.29) is 29.6 Å². The Morgan fingerprint density at radius 3 is 2.60 bits per heavy atom. The number of nitrogens with one attached hydrogen (secondary N) is 1. The summed E-state index contributed by atoms with van der Waals surface area (Å²) in [6, 6.07) is 10.2. The standard InChI is InChI=1S/C19H21N3O3/c23-18(10-13-4-2-1-3-5-13)22(15-8-9-15)11-17-21-16(12-25-17)19(24)20-14-6-7-14/h1-5,12,14-15H,6-11H2,(H,20,24). The molecule has 1 heterocycles. The molecule has 2 aliphatic rings. The molecule has 0 aliphatic heterocycles. The van der Waals surface area contributed by atoms with Gasteiger partial charge in [0.1, 0.15) is 6.26 Å². The molecule has 0 radical (unpaired) electrons. The highest BCUT2D eigenvalue weighted by molar-refractivity contribution is 5.92. The predicted molar refractivity (Wildman–Crippen MR) is 90.7 cm³/mol. The van der Waals surface area contributed by atoms with Gasteiger partial charge < -0.3 is 14.6 Å². The summed E-state index contributed by atoms with van der Waals surface area (Å²) >= 11 is 0. The first-order valence-electron chi connectivity index (χ1n) is 8.78. The molecular weight excluding hydrogens is 318 g/mol. The van der Waals surface area contributed by atoms with Crippen molar-refractivity contribution in [3.05, 3.63) is 53.7 Å². The van der Waals surface area contributed by atoms with Gasteiger partial charge in [0.05, 0.1) is 13.0 Å². The van der Waals surface area contributed by atoms with Crippen LogP contribution in [0.5, 0.6) is 0 Å². The summed E-state index contributed by atoms with van der Waals surface area (Å²) < 4.78 is 5.43. The third-order valence-corrected chi connectivity index (χ3v) is 4.51. The molecule has 1 N–H and O–H groups in total. The van der Waals surface area contributed by atoms with Crippen molar-refractivity contribution in [1.29, 1.82) is 0 Å². The van der Waals surface area contributed by atoms with Crippen molar-refractivity contribution in [3.63, 3.8) is 0 Å². The number of amides is 2. The van der Waals surface area contributed by atoms with Gasteiger partial charge >= 0.3 is 0 Å². The quantitative estimate of drug-likeness (QED) is 0.840. The van der Waals surface area contributed by atoms with Gasteiger partial charge in [-0.2, -0.15) is 0 Å². The van der Waals surface area contributed by atoms with E-state index in [1.165, 1.54) is 6.26 Å². The van der Waals surface area contributed by atoms with Crippen molar-refractivity contribution in [2.24, 2.45) is 0 Å². The third-order valence-electron chi connectivity index (χ3n) is 4.51. The number of carbonyl (C=O) groups excluding carboxylic acids is 2. The molecule has 0 saturated heterocycles. The Kier molecular flexibility index (Phi) is 4.26. The molecule has 2 fully saturated rings. The molecule has 25 heavy (non-hydrogen) atoms. The van der Waals surface area contributed by atoms with Crippen LogP contribution in [-0.2, 0) is 17.8 Å². The lowest BCUT2D eigenvalue weighted by atomic mass is 10.1. The average molecular weight is 339 g/mol. The molecule has 2 aliphatic carbocycles. The maximum absolute atomic E-state index is 12.7. The van der Waals surface area contributed by atoms with E-state index in [2.05, 4.69) is 10.3 Å². The summed E-state index contributed by atoms with van der Waals surface area (Å²) in [5.74, 6) is 0.274. The highest BCUT2D eigenvalue weighted by Gasteiger charge is 2.33. The Bertz CT molecular complexity index is 763. The number of rotatable bonds is 7. The fraction of sp³-hybridized carbons (Fsp3) is 0.421. The zero-order valence-electron chi connectivity index (χ0n) is 14.0. The van der Waals surface area contributed by atoms with Gasteiger partial charge in [-0.1, -0.05) is 30.3 Å². The molecule has 1 aromatic carbocycles. The van der Waals surface area contributed by atoms with Crippen LogP contribution in [0.2, 0.25) is 0 Å². The Balaban J connectivity index is 1.40. The smallest absolute Gasteiger partial charge is 0.273 e. The van der Waals surface area contributed by atoms with Crippen molar-refractivity contribution in [1.82, 2.24) is 15.2 Å². The molecule has 6 heteroatoms. The van der Waals surface area contributed by atoms with Gasteiger partial charge in [0.25, 0.3) is 5.91 Å². The Morgan fingerprint density at radius 1 is 1.16 bits per heavy atom. The van der Waals surface area contributed by atoms with Crippen LogP contribution in [0.25, 0.3) is 0 Å². The van der Waals surface area contributed by atoms with Gasteiger partial charge in [-0.25, -0.2) is 4.98 Å². The summed E-state index contributed by atoms with van der Waals surface area (Å²) in [5.41, 5.74) is 1.28. The largest absolute Gasteiger partial charge is 0.446 e. The number of carbonyl (C=O) groups is 2. The Hall–Kier alpha value is -2.63. The Labute approximate surface area is 146 Å². The van der Waals surface area contributed by atoms with E-state index in [4.69, 9.17) is 4.42 Å². The molecule has 4 rings (SSSR count). The topological polar surface area (TPSA) is 75.4 Å². The SMILES string of the molecule is O=C(NC1CC1)c1coc(CN(C(=O)Cc2ccccc2)C2CC2)n1. The van der Waals surface area contributed by atoms with Crippen molar-refractivity contribution in [2.75, 3.05) is 0 Å². The van der Waals surface area contributed by atoms with Crippen LogP contribution in [0.4, 0.5) is 0 Å². The van der Waals surface area contributed by atoms with Gasteiger partial charge in [-0.15, -0.1) is 0 Å². The van der Waals surface area contributed by atoms with E-state index in [1.807, 2.05) is 35.2 Å². The second-order valence-corrected chi connectivity index (χ2v) is 6.79. The lowest BCUT2D eigenvalue weighted by Gasteiger charge is -2.20. The second kappa shape index (κ2) is 6.70. The van der Waals surface area contributed by atoms with Gasteiger partial charge in [0, 0.05) is 12.1 Å². The van der Waals surface area contributed by atoms with Gasteiger partial charge in [0.15, 0.2) is 5.69 Å². The summed E-state index contributed by atoms with van der Waals surface area (Å²) in [6.07, 6.45) is 5.82. The average Bonchev–Trinajstić information content (AvgIpc) is 3.54. The molecule has 6 nitrogen and oxygen atoms in total. The van der Waals surface area contributed by atoms with E-state index >= 15 is 0 Å². The number of aromatic nitrogens is 1. The second-order valence-electron chi connectivity index (χ2n) is 6.79. The molecule has 2 aromatic rings. The summed E-state index contributed by atoms with van der Waals surface area (Å²) in [4.78, 5) is 30.8. The minimum absolute atomic E-state index is 0.0656. The zero-order valence-corrected chi connectivity index (χ0v) is 14.0. The van der Waals surface area contributed by atoms with Crippen LogP contribution in [0.1, 0.15) is 47.6 Å². The fourth-order valence-electron chi connectivity index (χ4n) is 2.80. The van der Waals surface area contributed by atoms with Gasteiger partial charge in [-0.05, 0) is 31.2 Å². The lowest BCUT2D eigenvalue weighted by molar-refractivity contribution is -0.132.